The molecule has 6 heteroatoms. The first-order chi connectivity index (χ1) is 10.8. The van der Waals surface area contributed by atoms with Crippen LogP contribution in [0.3, 0.4) is 0 Å². The fourth-order valence-corrected chi connectivity index (χ4v) is 2.02. The average Bonchev–Trinajstić information content (AvgIpc) is 2.55. The monoisotopic (exact) mass is 314 g/mol. The minimum absolute atomic E-state index is 0.557. The van der Waals surface area contributed by atoms with Crippen LogP contribution >= 0.6 is 0 Å². The van der Waals surface area contributed by atoms with Crippen LogP contribution in [0.1, 0.15) is 53.4 Å². The van der Waals surface area contributed by atoms with E-state index in [9.17, 15) is 0 Å². The summed E-state index contributed by atoms with van der Waals surface area (Å²) in [4.78, 5) is 10.2. The van der Waals surface area contributed by atoms with Crippen molar-refractivity contribution in [3.05, 3.63) is 0 Å². The van der Waals surface area contributed by atoms with Gasteiger partial charge in [-0.05, 0) is 25.7 Å². The SMILES string of the molecule is CCC(CC)NCCO/N=C\C=N/OCCNC(CC)CC. The molecule has 0 saturated heterocycles. The molecule has 0 spiro atoms. The average molecular weight is 314 g/mol. The van der Waals surface area contributed by atoms with Crippen molar-refractivity contribution in [3.8, 4) is 0 Å². The van der Waals surface area contributed by atoms with E-state index >= 15 is 0 Å². The van der Waals surface area contributed by atoms with Crippen molar-refractivity contribution in [1.29, 1.82) is 0 Å². The molecular formula is C16H34N4O2. The summed E-state index contributed by atoms with van der Waals surface area (Å²) in [5.41, 5.74) is 0. The predicted molar refractivity (Wildman–Crippen MR) is 93.6 cm³/mol. The zero-order valence-corrected chi connectivity index (χ0v) is 14.7. The summed E-state index contributed by atoms with van der Waals surface area (Å²) in [5.74, 6) is 0. The molecule has 0 aliphatic carbocycles. The first-order valence-electron chi connectivity index (χ1n) is 8.54. The molecule has 0 atom stereocenters. The third-order valence-corrected chi connectivity index (χ3v) is 3.56. The number of nitrogens with zero attached hydrogens (tertiary/aromatic N) is 2. The zero-order valence-electron chi connectivity index (χ0n) is 14.7. The Morgan fingerprint density at radius 1 is 0.727 bits per heavy atom. The lowest BCUT2D eigenvalue weighted by atomic mass is 10.2. The second-order valence-corrected chi connectivity index (χ2v) is 5.11. The van der Waals surface area contributed by atoms with Gasteiger partial charge in [0.2, 0.25) is 0 Å². The van der Waals surface area contributed by atoms with E-state index in [-0.39, 0.29) is 0 Å². The van der Waals surface area contributed by atoms with Gasteiger partial charge in [-0.3, -0.25) is 0 Å². The highest BCUT2D eigenvalue weighted by atomic mass is 16.6. The summed E-state index contributed by atoms with van der Waals surface area (Å²) in [6.45, 7) is 11.4. The third kappa shape index (κ3) is 12.6. The van der Waals surface area contributed by atoms with E-state index in [4.69, 9.17) is 9.68 Å². The van der Waals surface area contributed by atoms with Gasteiger partial charge in [0, 0.05) is 25.2 Å². The lowest BCUT2D eigenvalue weighted by Gasteiger charge is -2.13. The zero-order chi connectivity index (χ0) is 16.5. The molecule has 6 nitrogen and oxygen atoms in total. The van der Waals surface area contributed by atoms with Crippen molar-refractivity contribution in [2.24, 2.45) is 10.3 Å². The number of hydrogen-bond donors (Lipinski definition) is 2. The first-order valence-corrected chi connectivity index (χ1v) is 8.54. The van der Waals surface area contributed by atoms with Crippen LogP contribution in [0.15, 0.2) is 10.3 Å². The van der Waals surface area contributed by atoms with Gasteiger partial charge >= 0.3 is 0 Å². The van der Waals surface area contributed by atoms with Crippen LogP contribution in [0.2, 0.25) is 0 Å². The van der Waals surface area contributed by atoms with Gasteiger partial charge in [-0.15, -0.1) is 0 Å². The van der Waals surface area contributed by atoms with Crippen molar-refractivity contribution >= 4 is 12.4 Å². The maximum atomic E-state index is 5.11. The normalized spacial score (nSPS) is 12.1. The van der Waals surface area contributed by atoms with Crippen molar-refractivity contribution in [3.63, 3.8) is 0 Å². The Hall–Kier alpha value is -1.14. The Balaban J connectivity index is 3.42. The molecule has 0 bridgehead atoms. The van der Waals surface area contributed by atoms with Crippen molar-refractivity contribution < 1.29 is 9.68 Å². The van der Waals surface area contributed by atoms with Crippen LogP contribution in [-0.4, -0.2) is 50.8 Å². The van der Waals surface area contributed by atoms with Crippen molar-refractivity contribution in [2.45, 2.75) is 65.5 Å². The highest BCUT2D eigenvalue weighted by molar-refractivity contribution is 6.15. The predicted octanol–water partition coefficient (Wildman–Crippen LogP) is 2.55. The molecule has 0 rings (SSSR count). The summed E-state index contributed by atoms with van der Waals surface area (Å²) < 4.78 is 0. The Morgan fingerprint density at radius 2 is 1.09 bits per heavy atom. The quantitative estimate of drug-likeness (QED) is 0.277. The van der Waals surface area contributed by atoms with E-state index in [1.165, 1.54) is 12.4 Å². The van der Waals surface area contributed by atoms with Gasteiger partial charge < -0.3 is 20.3 Å². The van der Waals surface area contributed by atoms with Gasteiger partial charge in [-0.1, -0.05) is 38.0 Å². The lowest BCUT2D eigenvalue weighted by molar-refractivity contribution is 0.142. The molecule has 0 fully saturated rings. The van der Waals surface area contributed by atoms with Crippen molar-refractivity contribution in [2.75, 3.05) is 26.3 Å². The van der Waals surface area contributed by atoms with E-state index in [1.54, 1.807) is 0 Å². The van der Waals surface area contributed by atoms with Crippen molar-refractivity contribution in [1.82, 2.24) is 10.6 Å². The Morgan fingerprint density at radius 3 is 1.41 bits per heavy atom. The van der Waals surface area contributed by atoms with Crippen LogP contribution in [0.4, 0.5) is 0 Å². The lowest BCUT2D eigenvalue weighted by Crippen LogP contribution is -2.30. The topological polar surface area (TPSA) is 67.2 Å². The molecule has 22 heavy (non-hydrogen) atoms. The van der Waals surface area contributed by atoms with E-state index in [0.717, 1.165) is 38.8 Å². The van der Waals surface area contributed by atoms with Gasteiger partial charge in [0.05, 0.1) is 12.4 Å². The Bertz CT molecular complexity index is 249. The minimum Gasteiger partial charge on any atom is -0.394 e. The molecule has 130 valence electrons. The highest BCUT2D eigenvalue weighted by Crippen LogP contribution is 1.95. The molecule has 0 heterocycles. The molecule has 0 aromatic heterocycles. The van der Waals surface area contributed by atoms with Crippen LogP contribution in [-0.2, 0) is 9.68 Å². The molecule has 0 aliphatic heterocycles. The van der Waals surface area contributed by atoms with Crippen LogP contribution < -0.4 is 10.6 Å². The molecule has 0 saturated carbocycles. The van der Waals surface area contributed by atoms with E-state index in [2.05, 4.69) is 48.6 Å². The van der Waals surface area contributed by atoms with E-state index < -0.39 is 0 Å². The van der Waals surface area contributed by atoms with E-state index in [0.29, 0.717) is 25.3 Å². The largest absolute Gasteiger partial charge is 0.394 e. The second-order valence-electron chi connectivity index (χ2n) is 5.11. The van der Waals surface area contributed by atoms with Gasteiger partial charge in [-0.2, -0.15) is 0 Å². The summed E-state index contributed by atoms with van der Waals surface area (Å²) >= 11 is 0. The summed E-state index contributed by atoms with van der Waals surface area (Å²) in [6.07, 6.45) is 7.52. The maximum absolute atomic E-state index is 5.11. The molecule has 0 aromatic rings. The molecule has 0 radical (unpaired) electrons. The molecule has 0 aromatic carbocycles. The standard InChI is InChI=1S/C16H34N4O2/c1-5-15(6-2)17-11-13-21-19-9-10-20-22-14-12-18-16(7-3)8-4/h9-10,15-18H,5-8,11-14H2,1-4H3/b19-9-,20-10-. The van der Waals surface area contributed by atoms with Gasteiger partial charge in [0.25, 0.3) is 0 Å². The molecule has 0 aliphatic rings. The van der Waals surface area contributed by atoms with Crippen LogP contribution in [0.5, 0.6) is 0 Å². The molecular weight excluding hydrogens is 280 g/mol. The molecule has 2 N–H and O–H groups in total. The number of oxime groups is 2. The van der Waals surface area contributed by atoms with Crippen LogP contribution in [0, 0.1) is 0 Å². The number of rotatable bonds is 15. The fourth-order valence-electron chi connectivity index (χ4n) is 2.02. The highest BCUT2D eigenvalue weighted by Gasteiger charge is 2.00. The maximum Gasteiger partial charge on any atom is 0.129 e. The smallest absolute Gasteiger partial charge is 0.129 e. The van der Waals surface area contributed by atoms with Crippen LogP contribution in [0.25, 0.3) is 0 Å². The fraction of sp³-hybridized carbons (Fsp3) is 0.875. The Kier molecular flexibility index (Phi) is 15.4. The molecule has 0 amide bonds. The molecule has 0 unspecified atom stereocenters. The number of nitrogens with one attached hydrogen (secondary N) is 2. The second kappa shape index (κ2) is 16.2. The summed E-state index contributed by atoms with van der Waals surface area (Å²) in [7, 11) is 0. The number of hydrogen-bond acceptors (Lipinski definition) is 6. The minimum atomic E-state index is 0.557. The summed E-state index contributed by atoms with van der Waals surface area (Å²) in [6, 6.07) is 1.13. The van der Waals surface area contributed by atoms with Gasteiger partial charge in [0.15, 0.2) is 0 Å². The third-order valence-electron chi connectivity index (χ3n) is 3.56. The van der Waals surface area contributed by atoms with Gasteiger partial charge in [0.1, 0.15) is 13.2 Å². The first kappa shape index (κ1) is 20.9. The van der Waals surface area contributed by atoms with Gasteiger partial charge in [-0.25, -0.2) is 0 Å². The summed E-state index contributed by atoms with van der Waals surface area (Å²) in [5, 5.41) is 14.4. The van der Waals surface area contributed by atoms with E-state index in [1.807, 2.05) is 0 Å². The Labute approximate surface area is 135 Å².